The third kappa shape index (κ3) is 4.28. The Kier molecular flexibility index (Phi) is 5.26. The number of hydrogen-bond acceptors (Lipinski definition) is 3. The van der Waals surface area contributed by atoms with E-state index < -0.39 is 0 Å². The lowest BCUT2D eigenvalue weighted by molar-refractivity contribution is -0.130. The molecule has 0 radical (unpaired) electrons. The quantitative estimate of drug-likeness (QED) is 0.693. The molecule has 0 bridgehead atoms. The smallest absolute Gasteiger partial charge is 0.223 e. The van der Waals surface area contributed by atoms with E-state index >= 15 is 0 Å². The lowest BCUT2D eigenvalue weighted by atomic mass is 10.3. The molecule has 0 atom stereocenters. The summed E-state index contributed by atoms with van der Waals surface area (Å²) < 4.78 is 0. The van der Waals surface area contributed by atoms with Crippen molar-refractivity contribution in [2.75, 3.05) is 45.8 Å². The van der Waals surface area contributed by atoms with Gasteiger partial charge in [-0.2, -0.15) is 0 Å². The Morgan fingerprint density at radius 1 is 0.941 bits per heavy atom. The fourth-order valence-electron chi connectivity index (χ4n) is 2.69. The van der Waals surface area contributed by atoms with Gasteiger partial charge in [0.2, 0.25) is 5.91 Å². The Hall–Kier alpha value is -0.610. The molecule has 0 saturated carbocycles. The average Bonchev–Trinajstić information content (AvgIpc) is 3.01. The molecule has 17 heavy (non-hydrogen) atoms. The van der Waals surface area contributed by atoms with Crippen LogP contribution < -0.4 is 5.32 Å². The van der Waals surface area contributed by atoms with Crippen LogP contribution in [-0.4, -0.2) is 61.5 Å². The highest BCUT2D eigenvalue weighted by Crippen LogP contribution is 2.08. The monoisotopic (exact) mass is 239 g/mol. The molecular formula is C13H25N3O. The van der Waals surface area contributed by atoms with Crippen molar-refractivity contribution in [1.82, 2.24) is 15.1 Å². The van der Waals surface area contributed by atoms with E-state index in [1.165, 1.54) is 38.8 Å². The van der Waals surface area contributed by atoms with Gasteiger partial charge >= 0.3 is 0 Å². The summed E-state index contributed by atoms with van der Waals surface area (Å²) in [7, 11) is 0. The third-order valence-electron chi connectivity index (χ3n) is 3.78. The minimum atomic E-state index is 0.330. The van der Waals surface area contributed by atoms with Gasteiger partial charge in [-0.05, 0) is 38.8 Å². The molecule has 1 N–H and O–H groups in total. The van der Waals surface area contributed by atoms with E-state index in [-0.39, 0.29) is 0 Å². The van der Waals surface area contributed by atoms with Crippen LogP contribution >= 0.6 is 0 Å². The highest BCUT2D eigenvalue weighted by Gasteiger charge is 2.17. The first kappa shape index (κ1) is 12.8. The molecule has 0 aromatic rings. The number of likely N-dealkylation sites (tertiary alicyclic amines) is 2. The molecule has 2 heterocycles. The summed E-state index contributed by atoms with van der Waals surface area (Å²) in [5.74, 6) is 0.330. The minimum Gasteiger partial charge on any atom is -0.343 e. The van der Waals surface area contributed by atoms with E-state index in [0.29, 0.717) is 12.3 Å². The zero-order valence-corrected chi connectivity index (χ0v) is 10.8. The van der Waals surface area contributed by atoms with Crippen molar-refractivity contribution in [2.45, 2.75) is 32.1 Å². The maximum atomic E-state index is 11.7. The Bertz CT molecular complexity index is 233. The van der Waals surface area contributed by atoms with Gasteiger partial charge in [-0.3, -0.25) is 4.79 Å². The Morgan fingerprint density at radius 3 is 2.29 bits per heavy atom. The zero-order valence-electron chi connectivity index (χ0n) is 10.8. The Morgan fingerprint density at radius 2 is 1.59 bits per heavy atom. The van der Waals surface area contributed by atoms with Crippen molar-refractivity contribution in [3.8, 4) is 0 Å². The summed E-state index contributed by atoms with van der Waals surface area (Å²) in [4.78, 5) is 16.2. The summed E-state index contributed by atoms with van der Waals surface area (Å²) in [6.07, 6.45) is 5.75. The van der Waals surface area contributed by atoms with Crippen LogP contribution in [0.5, 0.6) is 0 Å². The molecule has 1 amide bonds. The third-order valence-corrected chi connectivity index (χ3v) is 3.78. The van der Waals surface area contributed by atoms with Crippen LogP contribution in [0.4, 0.5) is 0 Å². The van der Waals surface area contributed by atoms with Crippen molar-refractivity contribution >= 4 is 5.91 Å². The number of amides is 1. The second-order valence-corrected chi connectivity index (χ2v) is 5.14. The van der Waals surface area contributed by atoms with E-state index in [4.69, 9.17) is 0 Å². The molecule has 4 heteroatoms. The van der Waals surface area contributed by atoms with Gasteiger partial charge in [-0.15, -0.1) is 0 Å². The molecule has 0 spiro atoms. The van der Waals surface area contributed by atoms with Crippen molar-refractivity contribution in [1.29, 1.82) is 0 Å². The molecule has 2 aliphatic rings. The summed E-state index contributed by atoms with van der Waals surface area (Å²) in [6, 6.07) is 0. The fourth-order valence-corrected chi connectivity index (χ4v) is 2.69. The maximum Gasteiger partial charge on any atom is 0.223 e. The molecule has 2 fully saturated rings. The lowest BCUT2D eigenvalue weighted by Crippen LogP contribution is -2.34. The molecule has 0 unspecified atom stereocenters. The molecular weight excluding hydrogens is 214 g/mol. The van der Waals surface area contributed by atoms with E-state index in [2.05, 4.69) is 10.2 Å². The van der Waals surface area contributed by atoms with Gasteiger partial charge < -0.3 is 15.1 Å². The first-order valence-corrected chi connectivity index (χ1v) is 7.07. The number of nitrogens with zero attached hydrogens (tertiary/aromatic N) is 2. The van der Waals surface area contributed by atoms with Gasteiger partial charge in [0.15, 0.2) is 0 Å². The Balaban J connectivity index is 1.46. The van der Waals surface area contributed by atoms with E-state index in [1.54, 1.807) is 0 Å². The fraction of sp³-hybridized carbons (Fsp3) is 0.923. The molecule has 4 nitrogen and oxygen atoms in total. The molecule has 98 valence electrons. The van der Waals surface area contributed by atoms with E-state index in [9.17, 15) is 4.79 Å². The van der Waals surface area contributed by atoms with Gasteiger partial charge in [-0.25, -0.2) is 0 Å². The summed E-state index contributed by atoms with van der Waals surface area (Å²) in [5, 5.41) is 3.38. The molecule has 2 rings (SSSR count). The topological polar surface area (TPSA) is 35.6 Å². The first-order chi connectivity index (χ1) is 8.36. The number of nitrogens with one attached hydrogen (secondary N) is 1. The van der Waals surface area contributed by atoms with Crippen LogP contribution in [0.3, 0.4) is 0 Å². The second-order valence-electron chi connectivity index (χ2n) is 5.14. The molecule has 2 saturated heterocycles. The van der Waals surface area contributed by atoms with Crippen LogP contribution in [-0.2, 0) is 4.79 Å². The average molecular weight is 239 g/mol. The molecule has 0 aromatic heterocycles. The van der Waals surface area contributed by atoms with Gasteiger partial charge in [-0.1, -0.05) is 0 Å². The molecule has 0 aromatic carbocycles. The van der Waals surface area contributed by atoms with Gasteiger partial charge in [0.25, 0.3) is 0 Å². The maximum absolute atomic E-state index is 11.7. The SMILES string of the molecule is O=C(CCNCCN1CCCC1)N1CCCC1. The number of rotatable bonds is 6. The van der Waals surface area contributed by atoms with Crippen LogP contribution in [0.15, 0.2) is 0 Å². The largest absolute Gasteiger partial charge is 0.343 e. The summed E-state index contributed by atoms with van der Waals surface area (Å²) >= 11 is 0. The van der Waals surface area contributed by atoms with Gasteiger partial charge in [0.05, 0.1) is 0 Å². The highest BCUT2D eigenvalue weighted by atomic mass is 16.2. The highest BCUT2D eigenvalue weighted by molar-refractivity contribution is 5.76. The predicted molar refractivity (Wildman–Crippen MR) is 69.0 cm³/mol. The van der Waals surface area contributed by atoms with Crippen molar-refractivity contribution in [3.63, 3.8) is 0 Å². The number of carbonyl (C=O) groups excluding carboxylic acids is 1. The predicted octanol–water partition coefficient (Wildman–Crippen LogP) is 0.684. The number of hydrogen-bond donors (Lipinski definition) is 1. The van der Waals surface area contributed by atoms with Crippen molar-refractivity contribution < 1.29 is 4.79 Å². The first-order valence-electron chi connectivity index (χ1n) is 7.07. The van der Waals surface area contributed by atoms with Gasteiger partial charge in [0.1, 0.15) is 0 Å². The molecule has 0 aliphatic carbocycles. The lowest BCUT2D eigenvalue weighted by Gasteiger charge is -2.16. The summed E-state index contributed by atoms with van der Waals surface area (Å²) in [6.45, 7) is 7.47. The van der Waals surface area contributed by atoms with Crippen LogP contribution in [0.25, 0.3) is 0 Å². The minimum absolute atomic E-state index is 0.330. The Labute approximate surface area is 104 Å². The second kappa shape index (κ2) is 6.97. The van der Waals surface area contributed by atoms with Crippen LogP contribution in [0.2, 0.25) is 0 Å². The van der Waals surface area contributed by atoms with Crippen LogP contribution in [0, 0.1) is 0 Å². The van der Waals surface area contributed by atoms with E-state index in [1.807, 2.05) is 4.90 Å². The number of carbonyl (C=O) groups is 1. The normalized spacial score (nSPS) is 21.3. The van der Waals surface area contributed by atoms with Gasteiger partial charge in [0, 0.05) is 39.1 Å². The summed E-state index contributed by atoms with van der Waals surface area (Å²) in [5.41, 5.74) is 0. The van der Waals surface area contributed by atoms with Crippen molar-refractivity contribution in [2.24, 2.45) is 0 Å². The van der Waals surface area contributed by atoms with Crippen molar-refractivity contribution in [3.05, 3.63) is 0 Å². The van der Waals surface area contributed by atoms with E-state index in [0.717, 1.165) is 32.7 Å². The zero-order chi connectivity index (χ0) is 11.9. The van der Waals surface area contributed by atoms with Crippen LogP contribution in [0.1, 0.15) is 32.1 Å². The molecule has 2 aliphatic heterocycles. The standard InChI is InChI=1S/C13H25N3O/c17-13(16-10-3-4-11-16)5-6-14-7-12-15-8-1-2-9-15/h14H,1-12H2.